The van der Waals surface area contributed by atoms with Gasteiger partial charge in [-0.15, -0.1) is 0 Å². The lowest BCUT2D eigenvalue weighted by Gasteiger charge is -2.06. The first-order valence-corrected chi connectivity index (χ1v) is 5.85. The van der Waals surface area contributed by atoms with Crippen molar-refractivity contribution >= 4 is 0 Å². The molecule has 0 radical (unpaired) electrons. The van der Waals surface area contributed by atoms with Gasteiger partial charge in [-0.3, -0.25) is 0 Å². The number of hydrogen-bond acceptors (Lipinski definition) is 0. The summed E-state index contributed by atoms with van der Waals surface area (Å²) in [7, 11) is 0. The number of halogens is 3. The SMILES string of the molecule is CCC/C=C\CCc1ccc(C(F)(F)F)cc1. The van der Waals surface area contributed by atoms with E-state index in [-0.39, 0.29) is 0 Å². The van der Waals surface area contributed by atoms with E-state index < -0.39 is 11.7 Å². The average molecular weight is 242 g/mol. The number of unbranched alkanes of at least 4 members (excludes halogenated alkanes) is 1. The maximum atomic E-state index is 12.3. The number of benzene rings is 1. The highest BCUT2D eigenvalue weighted by atomic mass is 19.4. The van der Waals surface area contributed by atoms with Crippen LogP contribution in [0, 0.1) is 0 Å². The van der Waals surface area contributed by atoms with Gasteiger partial charge in [-0.2, -0.15) is 13.2 Å². The molecule has 0 heterocycles. The van der Waals surface area contributed by atoms with E-state index in [1.807, 2.05) is 0 Å². The van der Waals surface area contributed by atoms with Crippen LogP contribution in [0.3, 0.4) is 0 Å². The molecule has 0 bridgehead atoms. The third-order valence-electron chi connectivity index (χ3n) is 2.50. The second-order valence-corrected chi connectivity index (χ2v) is 3.99. The molecule has 0 atom stereocenters. The van der Waals surface area contributed by atoms with E-state index in [4.69, 9.17) is 0 Å². The summed E-state index contributed by atoms with van der Waals surface area (Å²) in [5.74, 6) is 0. The summed E-state index contributed by atoms with van der Waals surface area (Å²) in [5, 5.41) is 0. The summed E-state index contributed by atoms with van der Waals surface area (Å²) < 4.78 is 36.9. The lowest BCUT2D eigenvalue weighted by atomic mass is 10.1. The van der Waals surface area contributed by atoms with E-state index in [2.05, 4.69) is 19.1 Å². The molecule has 0 nitrogen and oxygen atoms in total. The predicted molar refractivity (Wildman–Crippen MR) is 63.8 cm³/mol. The summed E-state index contributed by atoms with van der Waals surface area (Å²) in [4.78, 5) is 0. The topological polar surface area (TPSA) is 0 Å². The van der Waals surface area contributed by atoms with Crippen LogP contribution < -0.4 is 0 Å². The van der Waals surface area contributed by atoms with Crippen LogP contribution in [0.4, 0.5) is 13.2 Å². The van der Waals surface area contributed by atoms with Crippen molar-refractivity contribution in [1.29, 1.82) is 0 Å². The zero-order valence-corrected chi connectivity index (χ0v) is 9.93. The first-order chi connectivity index (χ1) is 8.04. The summed E-state index contributed by atoms with van der Waals surface area (Å²) in [5.41, 5.74) is 0.363. The smallest absolute Gasteiger partial charge is 0.166 e. The molecule has 0 aliphatic carbocycles. The van der Waals surface area contributed by atoms with E-state index in [0.29, 0.717) is 0 Å². The molecule has 0 saturated heterocycles. The van der Waals surface area contributed by atoms with Crippen LogP contribution >= 0.6 is 0 Å². The van der Waals surface area contributed by atoms with Crippen molar-refractivity contribution in [3.63, 3.8) is 0 Å². The molecule has 0 aliphatic rings. The van der Waals surface area contributed by atoms with Crippen molar-refractivity contribution < 1.29 is 13.2 Å². The van der Waals surface area contributed by atoms with Crippen molar-refractivity contribution in [1.82, 2.24) is 0 Å². The van der Waals surface area contributed by atoms with Crippen LogP contribution in [0.15, 0.2) is 36.4 Å². The molecule has 3 heteroatoms. The summed E-state index contributed by atoms with van der Waals surface area (Å²) in [6.45, 7) is 2.11. The summed E-state index contributed by atoms with van der Waals surface area (Å²) in [6.07, 6.45) is 3.82. The number of alkyl halides is 3. The third kappa shape index (κ3) is 5.07. The van der Waals surface area contributed by atoms with Gasteiger partial charge in [0.1, 0.15) is 0 Å². The lowest BCUT2D eigenvalue weighted by molar-refractivity contribution is -0.137. The van der Waals surface area contributed by atoms with Gasteiger partial charge >= 0.3 is 6.18 Å². The van der Waals surface area contributed by atoms with Crippen LogP contribution in [-0.4, -0.2) is 0 Å². The highest BCUT2D eigenvalue weighted by molar-refractivity contribution is 5.24. The molecule has 0 saturated carbocycles. The minimum absolute atomic E-state index is 0.581. The van der Waals surface area contributed by atoms with E-state index >= 15 is 0 Å². The fourth-order valence-corrected chi connectivity index (χ4v) is 1.51. The van der Waals surface area contributed by atoms with Gasteiger partial charge in [0, 0.05) is 0 Å². The fourth-order valence-electron chi connectivity index (χ4n) is 1.51. The van der Waals surface area contributed by atoms with Crippen LogP contribution in [-0.2, 0) is 12.6 Å². The van der Waals surface area contributed by atoms with Crippen molar-refractivity contribution in [3.05, 3.63) is 47.5 Å². The molecule has 0 N–H and O–H groups in total. The van der Waals surface area contributed by atoms with Gasteiger partial charge in [0.2, 0.25) is 0 Å². The molecule has 1 aromatic rings. The highest BCUT2D eigenvalue weighted by Crippen LogP contribution is 2.29. The Labute approximate surface area is 100 Å². The summed E-state index contributed by atoms with van der Waals surface area (Å²) in [6, 6.07) is 5.39. The Morgan fingerprint density at radius 3 is 2.12 bits per heavy atom. The molecule has 0 fully saturated rings. The highest BCUT2D eigenvalue weighted by Gasteiger charge is 2.29. The Bertz CT molecular complexity index is 347. The normalized spacial score (nSPS) is 12.2. The monoisotopic (exact) mass is 242 g/mol. The largest absolute Gasteiger partial charge is 0.416 e. The molecular weight excluding hydrogens is 225 g/mol. The van der Waals surface area contributed by atoms with Crippen molar-refractivity contribution in [3.8, 4) is 0 Å². The average Bonchev–Trinajstić information content (AvgIpc) is 2.28. The van der Waals surface area contributed by atoms with Crippen molar-refractivity contribution in [2.75, 3.05) is 0 Å². The van der Waals surface area contributed by atoms with Gasteiger partial charge in [-0.05, 0) is 37.0 Å². The molecule has 0 amide bonds. The Balaban J connectivity index is 2.46. The Hall–Kier alpha value is -1.25. The Kier molecular flexibility index (Phi) is 5.26. The second-order valence-electron chi connectivity index (χ2n) is 3.99. The molecule has 17 heavy (non-hydrogen) atoms. The molecule has 0 spiro atoms. The molecule has 94 valence electrons. The minimum Gasteiger partial charge on any atom is -0.166 e. The number of rotatable bonds is 5. The van der Waals surface area contributed by atoms with E-state index in [0.717, 1.165) is 43.4 Å². The van der Waals surface area contributed by atoms with Crippen molar-refractivity contribution in [2.24, 2.45) is 0 Å². The van der Waals surface area contributed by atoms with Crippen LogP contribution in [0.25, 0.3) is 0 Å². The maximum Gasteiger partial charge on any atom is 0.416 e. The Morgan fingerprint density at radius 2 is 1.59 bits per heavy atom. The first kappa shape index (κ1) is 13.8. The number of aryl methyl sites for hydroxylation is 1. The van der Waals surface area contributed by atoms with Crippen LogP contribution in [0.1, 0.15) is 37.3 Å². The zero-order valence-electron chi connectivity index (χ0n) is 9.93. The quantitative estimate of drug-likeness (QED) is 0.638. The van der Waals surface area contributed by atoms with Gasteiger partial charge in [0.25, 0.3) is 0 Å². The zero-order chi connectivity index (χ0) is 12.7. The Morgan fingerprint density at radius 1 is 1.00 bits per heavy atom. The van der Waals surface area contributed by atoms with Gasteiger partial charge in [0.05, 0.1) is 5.56 Å². The fraction of sp³-hybridized carbons (Fsp3) is 0.429. The van der Waals surface area contributed by atoms with Gasteiger partial charge in [-0.25, -0.2) is 0 Å². The van der Waals surface area contributed by atoms with Crippen LogP contribution in [0.2, 0.25) is 0 Å². The molecule has 0 aliphatic heterocycles. The number of hydrogen-bond donors (Lipinski definition) is 0. The summed E-state index contributed by atoms with van der Waals surface area (Å²) >= 11 is 0. The van der Waals surface area contributed by atoms with Crippen LogP contribution in [0.5, 0.6) is 0 Å². The predicted octanol–water partition coefficient (Wildman–Crippen LogP) is 4.99. The standard InChI is InChI=1S/C14H17F3/c1-2-3-4-5-6-7-12-8-10-13(11-9-12)14(15,16)17/h4-5,8-11H,2-3,6-7H2,1H3/b5-4-. The van der Waals surface area contributed by atoms with E-state index in [1.54, 1.807) is 12.1 Å². The van der Waals surface area contributed by atoms with Gasteiger partial charge in [-0.1, -0.05) is 37.6 Å². The van der Waals surface area contributed by atoms with Gasteiger partial charge < -0.3 is 0 Å². The maximum absolute atomic E-state index is 12.3. The molecule has 0 aromatic heterocycles. The first-order valence-electron chi connectivity index (χ1n) is 5.85. The third-order valence-corrected chi connectivity index (χ3v) is 2.50. The molecule has 1 aromatic carbocycles. The van der Waals surface area contributed by atoms with Crippen molar-refractivity contribution in [2.45, 2.75) is 38.8 Å². The lowest BCUT2D eigenvalue weighted by Crippen LogP contribution is -2.04. The number of allylic oxidation sites excluding steroid dienone is 2. The molecular formula is C14H17F3. The minimum atomic E-state index is -4.24. The second kappa shape index (κ2) is 6.48. The van der Waals surface area contributed by atoms with Gasteiger partial charge in [0.15, 0.2) is 0 Å². The van der Waals surface area contributed by atoms with E-state index in [1.165, 1.54) is 0 Å². The van der Waals surface area contributed by atoms with E-state index in [9.17, 15) is 13.2 Å². The molecule has 1 rings (SSSR count). The molecule has 0 unspecified atom stereocenters.